The summed E-state index contributed by atoms with van der Waals surface area (Å²) in [6.07, 6.45) is 2.37. The van der Waals surface area contributed by atoms with Gasteiger partial charge in [0.2, 0.25) is 5.91 Å². The molecule has 0 aliphatic carbocycles. The quantitative estimate of drug-likeness (QED) is 0.164. The molecule has 2 aromatic carbocycles. The van der Waals surface area contributed by atoms with Crippen LogP contribution in [0.5, 0.6) is 0 Å². The summed E-state index contributed by atoms with van der Waals surface area (Å²) in [5.74, 6) is -5.35. The van der Waals surface area contributed by atoms with E-state index in [0.29, 0.717) is 6.07 Å². The van der Waals surface area contributed by atoms with Gasteiger partial charge in [0.05, 0.1) is 24.7 Å². The van der Waals surface area contributed by atoms with E-state index in [0.717, 1.165) is 30.5 Å². The lowest BCUT2D eigenvalue weighted by molar-refractivity contribution is -0.117. The number of rotatable bonds is 10. The Morgan fingerprint density at radius 2 is 1.72 bits per heavy atom. The van der Waals surface area contributed by atoms with Gasteiger partial charge in [-0.25, -0.2) is 17.6 Å². The Morgan fingerprint density at radius 1 is 1.06 bits per heavy atom. The van der Waals surface area contributed by atoms with Crippen molar-refractivity contribution in [2.45, 2.75) is 30.8 Å². The zero-order valence-corrected chi connectivity index (χ0v) is 18.8. The molecule has 0 fully saturated rings. The Morgan fingerprint density at radius 3 is 2.33 bits per heavy atom. The maximum absolute atomic E-state index is 14.5. The summed E-state index contributed by atoms with van der Waals surface area (Å²) in [7, 11) is 0. The molecule has 3 atom stereocenters. The Hall–Kier alpha value is -3.99. The summed E-state index contributed by atoms with van der Waals surface area (Å²) in [4.78, 5) is 19.8. The van der Waals surface area contributed by atoms with Gasteiger partial charge in [0, 0.05) is 28.5 Å². The van der Waals surface area contributed by atoms with Crippen molar-refractivity contribution in [2.75, 3.05) is 11.9 Å². The van der Waals surface area contributed by atoms with E-state index in [4.69, 9.17) is 10.8 Å². The molecule has 8 nitrogen and oxygen atoms in total. The molecule has 0 bridgehead atoms. The second-order valence-corrected chi connectivity index (χ2v) is 8.00. The molecule has 3 rings (SSSR count). The van der Waals surface area contributed by atoms with Gasteiger partial charge in [-0.15, -0.1) is 0 Å². The van der Waals surface area contributed by atoms with Gasteiger partial charge in [-0.2, -0.15) is 0 Å². The fourth-order valence-electron chi connectivity index (χ4n) is 3.76. The molecule has 0 radical (unpaired) electrons. The third kappa shape index (κ3) is 6.57. The molecule has 0 aliphatic heterocycles. The zero-order chi connectivity index (χ0) is 26.2. The summed E-state index contributed by atoms with van der Waals surface area (Å²) >= 11 is 0. The van der Waals surface area contributed by atoms with Crippen LogP contribution >= 0.6 is 0 Å². The number of aromatic nitrogens is 1. The van der Waals surface area contributed by atoms with Gasteiger partial charge in [0.15, 0.2) is 0 Å². The van der Waals surface area contributed by atoms with E-state index < -0.39 is 47.2 Å². The van der Waals surface area contributed by atoms with E-state index in [1.807, 2.05) is 0 Å². The van der Waals surface area contributed by atoms with Crippen molar-refractivity contribution in [3.8, 4) is 0 Å². The smallest absolute Gasteiger partial charge is 0.234 e. The number of amides is 1. The fourth-order valence-corrected chi connectivity index (χ4v) is 3.76. The van der Waals surface area contributed by atoms with Crippen LogP contribution in [0.4, 0.5) is 23.2 Å². The van der Waals surface area contributed by atoms with Gasteiger partial charge in [0.25, 0.3) is 0 Å². The van der Waals surface area contributed by atoms with Crippen LogP contribution in [-0.2, 0) is 11.2 Å². The molecular weight excluding hydrogens is 480 g/mol. The van der Waals surface area contributed by atoms with E-state index >= 15 is 0 Å². The van der Waals surface area contributed by atoms with Crippen LogP contribution in [-0.4, -0.2) is 34.7 Å². The summed E-state index contributed by atoms with van der Waals surface area (Å²) in [5.41, 5.74) is 15.1. The minimum Gasteiger partial charge on any atom is -0.395 e. The molecule has 1 aromatic heterocycles. The van der Waals surface area contributed by atoms with Gasteiger partial charge in [0.1, 0.15) is 29.3 Å². The molecule has 36 heavy (non-hydrogen) atoms. The highest BCUT2D eigenvalue weighted by molar-refractivity contribution is 5.96. The average molecular weight is 502 g/mol. The first-order valence-electron chi connectivity index (χ1n) is 10.8. The monoisotopic (exact) mass is 502 g/mol. The number of azide groups is 1. The number of hydrogen-bond donors (Lipinski definition) is 3. The van der Waals surface area contributed by atoms with Gasteiger partial charge < -0.3 is 16.2 Å². The van der Waals surface area contributed by atoms with Gasteiger partial charge in [-0.3, -0.25) is 9.78 Å². The minimum atomic E-state index is -1.61. The number of carbonyl (C=O) groups is 1. The maximum atomic E-state index is 14.5. The first-order valence-corrected chi connectivity index (χ1v) is 10.8. The normalized spacial score (nSPS) is 13.4. The summed E-state index contributed by atoms with van der Waals surface area (Å²) in [6, 6.07) is 5.09. The highest BCUT2D eigenvalue weighted by Gasteiger charge is 2.32. The lowest BCUT2D eigenvalue weighted by Crippen LogP contribution is -2.33. The van der Waals surface area contributed by atoms with Crippen LogP contribution in [0.1, 0.15) is 29.0 Å². The summed E-state index contributed by atoms with van der Waals surface area (Å²) < 4.78 is 56.2. The largest absolute Gasteiger partial charge is 0.395 e. The van der Waals surface area contributed by atoms with E-state index in [1.165, 1.54) is 18.3 Å². The second-order valence-electron chi connectivity index (χ2n) is 8.00. The number of nitrogens with zero attached hydrogens (tertiary/aromatic N) is 4. The Labute approximate surface area is 203 Å². The van der Waals surface area contributed by atoms with Crippen LogP contribution < -0.4 is 11.1 Å². The number of pyridine rings is 1. The van der Waals surface area contributed by atoms with E-state index in [2.05, 4.69) is 20.3 Å². The van der Waals surface area contributed by atoms with Crippen LogP contribution in [0.25, 0.3) is 10.4 Å². The standard InChI is InChI=1S/C24H22F4N6O2/c25-15-3-1-13(2-4-15)22(14-7-16(26)9-17(27)8-14)23(33-34-30)24(36)32-21-11-31-10-20(28)19(21)6-5-18(29)12-35/h1-4,7-11,18,22-23,35H,5-6,12,29H2,(H,32,36)/t18?,22-,23-/m0/s1. The topological polar surface area (TPSA) is 137 Å². The van der Waals surface area contributed by atoms with Crippen LogP contribution in [0.2, 0.25) is 0 Å². The number of carbonyl (C=O) groups excluding carboxylic acids is 1. The third-order valence-electron chi connectivity index (χ3n) is 5.50. The molecule has 0 saturated carbocycles. The summed E-state index contributed by atoms with van der Waals surface area (Å²) in [5, 5.41) is 15.2. The van der Waals surface area contributed by atoms with E-state index in [1.54, 1.807) is 0 Å². The first-order chi connectivity index (χ1) is 17.2. The van der Waals surface area contributed by atoms with Gasteiger partial charge in [-0.1, -0.05) is 17.2 Å². The second kappa shape index (κ2) is 12.1. The van der Waals surface area contributed by atoms with Crippen LogP contribution in [0.3, 0.4) is 0 Å². The highest BCUT2D eigenvalue weighted by Crippen LogP contribution is 2.33. The van der Waals surface area contributed by atoms with Crippen molar-refractivity contribution >= 4 is 11.6 Å². The van der Waals surface area contributed by atoms with Crippen molar-refractivity contribution < 1.29 is 27.5 Å². The van der Waals surface area contributed by atoms with Crippen LogP contribution in [0.15, 0.2) is 60.0 Å². The number of anilines is 1. The lowest BCUT2D eigenvalue weighted by atomic mass is 9.84. The number of aliphatic hydroxyl groups excluding tert-OH is 1. The minimum absolute atomic E-state index is 0.0356. The number of aliphatic hydroxyl groups is 1. The molecule has 12 heteroatoms. The molecule has 0 aliphatic rings. The predicted molar refractivity (Wildman–Crippen MR) is 124 cm³/mol. The lowest BCUT2D eigenvalue weighted by Gasteiger charge is -2.25. The highest BCUT2D eigenvalue weighted by atomic mass is 19.1. The van der Waals surface area contributed by atoms with Crippen molar-refractivity contribution in [3.63, 3.8) is 0 Å². The molecule has 1 amide bonds. The van der Waals surface area contributed by atoms with Crippen molar-refractivity contribution in [2.24, 2.45) is 10.8 Å². The predicted octanol–water partition coefficient (Wildman–Crippen LogP) is 4.34. The zero-order valence-electron chi connectivity index (χ0n) is 18.8. The number of benzene rings is 2. The van der Waals surface area contributed by atoms with Crippen molar-refractivity contribution in [1.82, 2.24) is 4.98 Å². The van der Waals surface area contributed by atoms with Gasteiger partial charge in [-0.05, 0) is 53.8 Å². The molecule has 1 heterocycles. The molecular formula is C24H22F4N6O2. The molecule has 0 saturated heterocycles. The number of halogens is 4. The Bertz CT molecular complexity index is 1250. The Kier molecular flexibility index (Phi) is 8.96. The van der Waals surface area contributed by atoms with Crippen molar-refractivity contribution in [1.29, 1.82) is 0 Å². The Balaban J connectivity index is 2.04. The summed E-state index contributed by atoms with van der Waals surface area (Å²) in [6.45, 7) is -0.323. The van der Waals surface area contributed by atoms with Crippen LogP contribution in [0, 0.1) is 23.3 Å². The third-order valence-corrected chi connectivity index (χ3v) is 5.50. The molecule has 0 spiro atoms. The number of hydrogen-bond acceptors (Lipinski definition) is 5. The molecule has 1 unspecified atom stereocenters. The number of nitrogens with two attached hydrogens (primary N) is 1. The molecule has 188 valence electrons. The van der Waals surface area contributed by atoms with E-state index in [-0.39, 0.29) is 41.8 Å². The molecule has 4 N–H and O–H groups in total. The maximum Gasteiger partial charge on any atom is 0.234 e. The SMILES string of the molecule is [N-]=[N+]=N[C@H](C(=O)Nc1cncc(F)c1CCC(N)CO)[C@@H](c1ccc(F)cc1)c1cc(F)cc(F)c1. The number of nitrogens with one attached hydrogen (secondary N) is 1. The van der Waals surface area contributed by atoms with Crippen molar-refractivity contribution in [3.05, 3.63) is 105 Å². The van der Waals surface area contributed by atoms with E-state index in [9.17, 15) is 27.9 Å². The first kappa shape index (κ1) is 26.6. The fraction of sp³-hybridized carbons (Fsp3) is 0.250. The molecule has 3 aromatic rings. The van der Waals surface area contributed by atoms with Gasteiger partial charge >= 0.3 is 0 Å². The average Bonchev–Trinajstić information content (AvgIpc) is 2.83.